The lowest BCUT2D eigenvalue weighted by Crippen LogP contribution is -2.26. The molecule has 1 aromatic carbocycles. The molecular weight excluding hydrogens is 206 g/mol. The summed E-state index contributed by atoms with van der Waals surface area (Å²) in [5.41, 5.74) is 6.95. The summed E-state index contributed by atoms with van der Waals surface area (Å²) in [6, 6.07) is 5.31. The van der Waals surface area contributed by atoms with E-state index in [1.807, 2.05) is 25.1 Å². The zero-order chi connectivity index (χ0) is 12.1. The number of hydrogen-bond acceptors (Lipinski definition) is 4. The van der Waals surface area contributed by atoms with Crippen molar-refractivity contribution < 1.29 is 14.2 Å². The molecule has 4 heteroatoms. The molecule has 0 amide bonds. The Morgan fingerprint density at radius 3 is 1.94 bits per heavy atom. The molecule has 0 spiro atoms. The first-order valence-electron chi connectivity index (χ1n) is 5.15. The standard InChI is InChI=1S/C12H19NO3/c1-8(14-2)12(13)11-9(15-3)6-5-7-10(11)16-4/h5-8,12H,13H2,1-4H3. The lowest BCUT2D eigenvalue weighted by molar-refractivity contribution is 0.0939. The molecule has 4 nitrogen and oxygen atoms in total. The van der Waals surface area contributed by atoms with Gasteiger partial charge in [-0.05, 0) is 19.1 Å². The van der Waals surface area contributed by atoms with Crippen molar-refractivity contribution in [3.05, 3.63) is 23.8 Å². The maximum absolute atomic E-state index is 6.12. The SMILES string of the molecule is COc1cccc(OC)c1C(N)C(C)OC. The molecule has 2 atom stereocenters. The van der Waals surface area contributed by atoms with Crippen LogP contribution in [0, 0.1) is 0 Å². The minimum Gasteiger partial charge on any atom is -0.496 e. The third-order valence-electron chi connectivity index (χ3n) is 2.68. The fourth-order valence-electron chi connectivity index (χ4n) is 1.59. The van der Waals surface area contributed by atoms with Crippen LogP contribution < -0.4 is 15.2 Å². The van der Waals surface area contributed by atoms with Crippen molar-refractivity contribution in [2.24, 2.45) is 5.73 Å². The van der Waals surface area contributed by atoms with Crippen LogP contribution in [0.4, 0.5) is 0 Å². The van der Waals surface area contributed by atoms with E-state index in [1.165, 1.54) is 0 Å². The Morgan fingerprint density at radius 1 is 1.06 bits per heavy atom. The second-order valence-corrected chi connectivity index (χ2v) is 3.54. The Bertz CT molecular complexity index is 319. The molecule has 90 valence electrons. The van der Waals surface area contributed by atoms with Crippen molar-refractivity contribution in [1.29, 1.82) is 0 Å². The van der Waals surface area contributed by atoms with Gasteiger partial charge >= 0.3 is 0 Å². The van der Waals surface area contributed by atoms with E-state index in [2.05, 4.69) is 0 Å². The van der Waals surface area contributed by atoms with Gasteiger partial charge < -0.3 is 19.9 Å². The van der Waals surface area contributed by atoms with Gasteiger partial charge in [0.05, 0.1) is 31.9 Å². The van der Waals surface area contributed by atoms with Crippen LogP contribution in [-0.4, -0.2) is 27.4 Å². The molecule has 0 saturated heterocycles. The van der Waals surface area contributed by atoms with Gasteiger partial charge in [-0.1, -0.05) is 6.07 Å². The highest BCUT2D eigenvalue weighted by Gasteiger charge is 2.22. The van der Waals surface area contributed by atoms with Gasteiger partial charge in [-0.3, -0.25) is 0 Å². The first-order valence-corrected chi connectivity index (χ1v) is 5.15. The van der Waals surface area contributed by atoms with Gasteiger partial charge in [-0.15, -0.1) is 0 Å². The van der Waals surface area contributed by atoms with Gasteiger partial charge in [0.2, 0.25) is 0 Å². The fraction of sp³-hybridized carbons (Fsp3) is 0.500. The van der Waals surface area contributed by atoms with Crippen LogP contribution >= 0.6 is 0 Å². The second kappa shape index (κ2) is 5.72. The number of benzene rings is 1. The Hall–Kier alpha value is -1.26. The zero-order valence-electron chi connectivity index (χ0n) is 10.2. The van der Waals surface area contributed by atoms with E-state index in [1.54, 1.807) is 21.3 Å². The van der Waals surface area contributed by atoms with Gasteiger partial charge in [0.15, 0.2) is 0 Å². The van der Waals surface area contributed by atoms with Crippen LogP contribution in [0.3, 0.4) is 0 Å². The predicted molar refractivity (Wildman–Crippen MR) is 62.9 cm³/mol. The molecule has 0 aliphatic rings. The average molecular weight is 225 g/mol. The van der Waals surface area contributed by atoms with E-state index in [9.17, 15) is 0 Å². The van der Waals surface area contributed by atoms with Gasteiger partial charge in [-0.2, -0.15) is 0 Å². The molecule has 2 unspecified atom stereocenters. The highest BCUT2D eigenvalue weighted by atomic mass is 16.5. The molecule has 0 saturated carbocycles. The minimum absolute atomic E-state index is 0.106. The smallest absolute Gasteiger partial charge is 0.127 e. The minimum atomic E-state index is -0.281. The highest BCUT2D eigenvalue weighted by molar-refractivity contribution is 5.47. The maximum Gasteiger partial charge on any atom is 0.127 e. The topological polar surface area (TPSA) is 53.7 Å². The summed E-state index contributed by atoms with van der Waals surface area (Å²) in [4.78, 5) is 0. The lowest BCUT2D eigenvalue weighted by atomic mass is 10.0. The largest absolute Gasteiger partial charge is 0.496 e. The summed E-state index contributed by atoms with van der Waals surface area (Å²) < 4.78 is 15.8. The van der Waals surface area contributed by atoms with Crippen LogP contribution in [0.15, 0.2) is 18.2 Å². The Kier molecular flexibility index (Phi) is 4.58. The van der Waals surface area contributed by atoms with Gasteiger partial charge in [0.25, 0.3) is 0 Å². The van der Waals surface area contributed by atoms with E-state index in [0.29, 0.717) is 0 Å². The number of rotatable bonds is 5. The molecular formula is C12H19NO3. The lowest BCUT2D eigenvalue weighted by Gasteiger charge is -2.23. The van der Waals surface area contributed by atoms with Crippen molar-refractivity contribution >= 4 is 0 Å². The summed E-state index contributed by atoms with van der Waals surface area (Å²) in [6.07, 6.45) is -0.106. The van der Waals surface area contributed by atoms with E-state index in [0.717, 1.165) is 17.1 Å². The molecule has 0 aliphatic carbocycles. The molecule has 16 heavy (non-hydrogen) atoms. The molecule has 0 heterocycles. The summed E-state index contributed by atoms with van der Waals surface area (Å²) in [7, 11) is 4.86. The van der Waals surface area contributed by atoms with Crippen molar-refractivity contribution in [2.75, 3.05) is 21.3 Å². The summed E-state index contributed by atoms with van der Waals surface area (Å²) in [5, 5.41) is 0. The first kappa shape index (κ1) is 12.8. The van der Waals surface area contributed by atoms with Crippen LogP contribution in [0.25, 0.3) is 0 Å². The Morgan fingerprint density at radius 2 is 1.56 bits per heavy atom. The fourth-order valence-corrected chi connectivity index (χ4v) is 1.59. The number of nitrogens with two attached hydrogens (primary N) is 1. The van der Waals surface area contributed by atoms with E-state index in [-0.39, 0.29) is 12.1 Å². The molecule has 1 aromatic rings. The van der Waals surface area contributed by atoms with Gasteiger partial charge in [0.1, 0.15) is 11.5 Å². The summed E-state index contributed by atoms with van der Waals surface area (Å²) >= 11 is 0. The number of methoxy groups -OCH3 is 3. The third kappa shape index (κ3) is 2.46. The van der Waals surface area contributed by atoms with Crippen molar-refractivity contribution in [1.82, 2.24) is 0 Å². The monoisotopic (exact) mass is 225 g/mol. The van der Waals surface area contributed by atoms with Crippen molar-refractivity contribution in [2.45, 2.75) is 19.1 Å². The van der Waals surface area contributed by atoms with E-state index >= 15 is 0 Å². The van der Waals surface area contributed by atoms with Crippen molar-refractivity contribution in [3.63, 3.8) is 0 Å². The highest BCUT2D eigenvalue weighted by Crippen LogP contribution is 2.34. The van der Waals surface area contributed by atoms with Crippen LogP contribution in [0.1, 0.15) is 18.5 Å². The molecule has 1 rings (SSSR count). The van der Waals surface area contributed by atoms with Crippen LogP contribution in [0.5, 0.6) is 11.5 Å². The van der Waals surface area contributed by atoms with Crippen LogP contribution in [0.2, 0.25) is 0 Å². The summed E-state index contributed by atoms with van der Waals surface area (Å²) in [6.45, 7) is 1.91. The quantitative estimate of drug-likeness (QED) is 0.829. The molecule has 0 aliphatic heterocycles. The van der Waals surface area contributed by atoms with Crippen molar-refractivity contribution in [3.8, 4) is 11.5 Å². The van der Waals surface area contributed by atoms with Gasteiger partial charge in [0, 0.05) is 7.11 Å². The average Bonchev–Trinajstić information content (AvgIpc) is 2.35. The number of hydrogen-bond donors (Lipinski definition) is 1. The number of ether oxygens (including phenoxy) is 3. The second-order valence-electron chi connectivity index (χ2n) is 3.54. The summed E-state index contributed by atoms with van der Waals surface area (Å²) in [5.74, 6) is 1.44. The predicted octanol–water partition coefficient (Wildman–Crippen LogP) is 1.74. The zero-order valence-corrected chi connectivity index (χ0v) is 10.2. The van der Waals surface area contributed by atoms with E-state index in [4.69, 9.17) is 19.9 Å². The normalized spacial score (nSPS) is 14.3. The molecule has 0 fully saturated rings. The molecule has 0 bridgehead atoms. The Labute approximate surface area is 96.3 Å². The maximum atomic E-state index is 6.12. The molecule has 0 aromatic heterocycles. The van der Waals surface area contributed by atoms with Crippen LogP contribution in [-0.2, 0) is 4.74 Å². The molecule has 0 radical (unpaired) electrons. The van der Waals surface area contributed by atoms with E-state index < -0.39 is 0 Å². The molecule has 2 N–H and O–H groups in total. The first-order chi connectivity index (χ1) is 7.65. The Balaban J connectivity index is 3.17. The third-order valence-corrected chi connectivity index (χ3v) is 2.68. The van der Waals surface area contributed by atoms with Gasteiger partial charge in [-0.25, -0.2) is 0 Å².